The number of ether oxygens (including phenoxy) is 1. The smallest absolute Gasteiger partial charge is 0.406 e. The molecule has 0 saturated heterocycles. The fraction of sp³-hybridized carbons (Fsp3) is 0.333. The lowest BCUT2D eigenvalue weighted by Gasteiger charge is -2.11. The monoisotopic (exact) mass is 438 g/mol. The fourth-order valence-corrected chi connectivity index (χ4v) is 3.37. The second-order valence-corrected chi connectivity index (χ2v) is 7.50. The van der Waals surface area contributed by atoms with Crippen LogP contribution in [-0.2, 0) is 16.4 Å². The van der Waals surface area contributed by atoms with E-state index in [1.54, 1.807) is 12.1 Å². The zero-order chi connectivity index (χ0) is 19.9. The summed E-state index contributed by atoms with van der Waals surface area (Å²) in [5.74, 6) is -0.484. The van der Waals surface area contributed by atoms with Gasteiger partial charge in [-0.15, -0.1) is 25.6 Å². The van der Waals surface area contributed by atoms with E-state index in [4.69, 9.17) is 0 Å². The molecule has 2 N–H and O–H groups in total. The van der Waals surface area contributed by atoms with Crippen LogP contribution < -0.4 is 14.8 Å². The molecular formula is C18H22ClF3N2O3S. The average molecular weight is 439 g/mol. The van der Waals surface area contributed by atoms with E-state index in [2.05, 4.69) is 21.7 Å². The van der Waals surface area contributed by atoms with Gasteiger partial charge in [0.15, 0.2) is 0 Å². The Morgan fingerprint density at radius 1 is 0.964 bits per heavy atom. The van der Waals surface area contributed by atoms with E-state index < -0.39 is 22.1 Å². The zero-order valence-electron chi connectivity index (χ0n) is 15.1. The summed E-state index contributed by atoms with van der Waals surface area (Å²) in [6.45, 7) is 3.88. The molecule has 0 saturated carbocycles. The number of sulfonamides is 1. The number of benzene rings is 2. The topological polar surface area (TPSA) is 67.4 Å². The third-order valence-electron chi connectivity index (χ3n) is 3.59. The molecule has 2 aromatic rings. The van der Waals surface area contributed by atoms with Crippen LogP contribution in [0.25, 0.3) is 0 Å². The summed E-state index contributed by atoms with van der Waals surface area (Å²) < 4.78 is 67.3. The van der Waals surface area contributed by atoms with Gasteiger partial charge in [0.2, 0.25) is 0 Å². The highest BCUT2D eigenvalue weighted by molar-refractivity contribution is 7.92. The van der Waals surface area contributed by atoms with Crippen LogP contribution in [0.15, 0.2) is 53.4 Å². The van der Waals surface area contributed by atoms with Gasteiger partial charge in [-0.1, -0.05) is 19.1 Å². The van der Waals surface area contributed by atoms with Crippen molar-refractivity contribution < 1.29 is 26.3 Å². The molecule has 0 fully saturated rings. The number of rotatable bonds is 9. The van der Waals surface area contributed by atoms with E-state index in [1.165, 1.54) is 0 Å². The SMILES string of the molecule is CCCNCCc1ccc(NS(=O)(=O)c2ccc(OC(F)(F)F)cc2)cc1.Cl. The van der Waals surface area contributed by atoms with Gasteiger partial charge in [0.05, 0.1) is 4.90 Å². The molecule has 0 amide bonds. The Hall–Kier alpha value is -1.97. The van der Waals surface area contributed by atoms with Crippen molar-refractivity contribution in [3.8, 4) is 5.75 Å². The molecule has 0 spiro atoms. The van der Waals surface area contributed by atoms with Crippen molar-refractivity contribution in [3.05, 3.63) is 54.1 Å². The number of alkyl halides is 3. The molecular weight excluding hydrogens is 417 g/mol. The summed E-state index contributed by atoms with van der Waals surface area (Å²) in [4.78, 5) is -0.162. The molecule has 0 aliphatic rings. The second-order valence-electron chi connectivity index (χ2n) is 5.82. The Morgan fingerprint density at radius 2 is 1.57 bits per heavy atom. The highest BCUT2D eigenvalue weighted by Gasteiger charge is 2.31. The maximum absolute atomic E-state index is 12.3. The number of hydrogen-bond acceptors (Lipinski definition) is 4. The Kier molecular flexibility index (Phi) is 9.06. The third-order valence-corrected chi connectivity index (χ3v) is 4.99. The minimum atomic E-state index is -4.83. The quantitative estimate of drug-likeness (QED) is 0.571. The Morgan fingerprint density at radius 3 is 2.11 bits per heavy atom. The second kappa shape index (κ2) is 10.5. The lowest BCUT2D eigenvalue weighted by Crippen LogP contribution is -2.18. The van der Waals surface area contributed by atoms with Gasteiger partial charge in [0, 0.05) is 5.69 Å². The number of halogens is 4. The lowest BCUT2D eigenvalue weighted by atomic mass is 10.1. The van der Waals surface area contributed by atoms with E-state index >= 15 is 0 Å². The van der Waals surface area contributed by atoms with Crippen molar-refractivity contribution in [1.29, 1.82) is 0 Å². The molecule has 28 heavy (non-hydrogen) atoms. The molecule has 0 unspecified atom stereocenters. The standard InChI is InChI=1S/C18H21F3N2O3S.ClH/c1-2-12-22-13-11-14-3-5-15(6-4-14)23-27(24,25)17-9-7-16(8-10-17)26-18(19,20)21;/h3-10,22-23H,2,11-13H2,1H3;1H. The lowest BCUT2D eigenvalue weighted by molar-refractivity contribution is -0.274. The van der Waals surface area contributed by atoms with Crippen molar-refractivity contribution in [2.45, 2.75) is 31.0 Å². The fourth-order valence-electron chi connectivity index (χ4n) is 2.31. The van der Waals surface area contributed by atoms with Crippen LogP contribution in [-0.4, -0.2) is 27.9 Å². The number of hydrogen-bond donors (Lipinski definition) is 2. The predicted molar refractivity (Wildman–Crippen MR) is 104 cm³/mol. The van der Waals surface area contributed by atoms with Gasteiger partial charge in [-0.2, -0.15) is 0 Å². The van der Waals surface area contributed by atoms with Gasteiger partial charge in [0.25, 0.3) is 10.0 Å². The van der Waals surface area contributed by atoms with Crippen LogP contribution in [0.4, 0.5) is 18.9 Å². The number of anilines is 1. The molecule has 0 aliphatic heterocycles. The summed E-state index contributed by atoms with van der Waals surface area (Å²) in [5, 5.41) is 3.28. The molecule has 2 aromatic carbocycles. The molecule has 0 aliphatic carbocycles. The summed E-state index contributed by atoms with van der Waals surface area (Å²) in [6.07, 6.45) is -2.94. The molecule has 0 heterocycles. The minimum Gasteiger partial charge on any atom is -0.406 e. The Balaban J connectivity index is 0.00000392. The normalized spacial score (nSPS) is 11.6. The molecule has 2 rings (SSSR count). The van der Waals surface area contributed by atoms with Crippen molar-refractivity contribution in [2.75, 3.05) is 17.8 Å². The molecule has 0 aromatic heterocycles. The molecule has 10 heteroatoms. The first-order valence-electron chi connectivity index (χ1n) is 8.38. The molecule has 156 valence electrons. The van der Waals surface area contributed by atoms with Gasteiger partial charge in [-0.05, 0) is 67.9 Å². The third kappa shape index (κ3) is 7.95. The summed E-state index contributed by atoms with van der Waals surface area (Å²) in [6, 6.07) is 11.0. The summed E-state index contributed by atoms with van der Waals surface area (Å²) in [5.41, 5.74) is 1.44. The zero-order valence-corrected chi connectivity index (χ0v) is 16.8. The van der Waals surface area contributed by atoms with Crippen LogP contribution in [0.5, 0.6) is 5.75 Å². The Labute approximate surface area is 168 Å². The van der Waals surface area contributed by atoms with Gasteiger partial charge in [-0.25, -0.2) is 8.42 Å². The van der Waals surface area contributed by atoms with E-state index in [-0.39, 0.29) is 17.3 Å². The minimum absolute atomic E-state index is 0. The maximum Gasteiger partial charge on any atom is 0.573 e. The van der Waals surface area contributed by atoms with Crippen LogP contribution in [0.1, 0.15) is 18.9 Å². The maximum atomic E-state index is 12.3. The summed E-state index contributed by atoms with van der Waals surface area (Å²) in [7, 11) is -3.91. The van der Waals surface area contributed by atoms with Crippen LogP contribution in [0, 0.1) is 0 Å². The van der Waals surface area contributed by atoms with E-state index in [0.29, 0.717) is 5.69 Å². The van der Waals surface area contributed by atoms with Crippen LogP contribution in [0.2, 0.25) is 0 Å². The summed E-state index contributed by atoms with van der Waals surface area (Å²) >= 11 is 0. The van der Waals surface area contributed by atoms with Crippen LogP contribution in [0.3, 0.4) is 0 Å². The van der Waals surface area contributed by atoms with Crippen LogP contribution >= 0.6 is 12.4 Å². The highest BCUT2D eigenvalue weighted by Crippen LogP contribution is 2.24. The van der Waals surface area contributed by atoms with Crippen molar-refractivity contribution in [1.82, 2.24) is 5.32 Å². The Bertz CT molecular complexity index is 827. The van der Waals surface area contributed by atoms with E-state index in [0.717, 1.165) is 55.8 Å². The van der Waals surface area contributed by atoms with Gasteiger partial charge < -0.3 is 10.1 Å². The first-order chi connectivity index (χ1) is 12.7. The largest absolute Gasteiger partial charge is 0.573 e. The van der Waals surface area contributed by atoms with Gasteiger partial charge in [0.1, 0.15) is 5.75 Å². The van der Waals surface area contributed by atoms with E-state index in [9.17, 15) is 21.6 Å². The predicted octanol–water partition coefficient (Wildman–Crippen LogP) is 4.35. The first-order valence-corrected chi connectivity index (χ1v) is 9.86. The van der Waals surface area contributed by atoms with Gasteiger partial charge >= 0.3 is 6.36 Å². The average Bonchev–Trinajstić information content (AvgIpc) is 2.59. The molecule has 0 radical (unpaired) electrons. The van der Waals surface area contributed by atoms with Crippen molar-refractivity contribution in [2.24, 2.45) is 0 Å². The van der Waals surface area contributed by atoms with Gasteiger partial charge in [-0.3, -0.25) is 4.72 Å². The van der Waals surface area contributed by atoms with Crippen molar-refractivity contribution in [3.63, 3.8) is 0 Å². The molecule has 0 atom stereocenters. The molecule has 0 bridgehead atoms. The molecule has 5 nitrogen and oxygen atoms in total. The number of nitrogens with one attached hydrogen (secondary N) is 2. The first kappa shape index (κ1) is 24.1. The van der Waals surface area contributed by atoms with Crippen molar-refractivity contribution >= 4 is 28.1 Å². The highest BCUT2D eigenvalue weighted by atomic mass is 35.5. The van der Waals surface area contributed by atoms with E-state index in [1.807, 2.05) is 12.1 Å².